The zero-order chi connectivity index (χ0) is 23.8. The molecule has 3 aromatic rings. The number of amides is 1. The van der Waals surface area contributed by atoms with Crippen molar-refractivity contribution in [3.05, 3.63) is 89.4 Å². The number of para-hydroxylation sites is 2. The number of benzene rings is 3. The van der Waals surface area contributed by atoms with Crippen molar-refractivity contribution in [3.8, 4) is 0 Å². The molecule has 3 aromatic carbocycles. The summed E-state index contributed by atoms with van der Waals surface area (Å²) in [6.45, 7) is 5.73. The van der Waals surface area contributed by atoms with Crippen LogP contribution in [0.5, 0.6) is 0 Å². The first-order chi connectivity index (χ1) is 15.7. The maximum atomic E-state index is 14.0. The van der Waals surface area contributed by atoms with Gasteiger partial charge in [0, 0.05) is 22.7 Å². The van der Waals surface area contributed by atoms with Crippen LogP contribution in [0.3, 0.4) is 0 Å². The molecule has 1 aliphatic rings. The van der Waals surface area contributed by atoms with Crippen LogP contribution < -0.4 is 9.21 Å². The van der Waals surface area contributed by atoms with Crippen LogP contribution in [0, 0.1) is 5.92 Å². The molecule has 0 aromatic heterocycles. The van der Waals surface area contributed by atoms with Gasteiger partial charge in [-0.1, -0.05) is 61.8 Å². The smallest absolute Gasteiger partial charge is 0.264 e. The van der Waals surface area contributed by atoms with Gasteiger partial charge in [0.15, 0.2) is 0 Å². The van der Waals surface area contributed by atoms with E-state index in [0.717, 1.165) is 11.3 Å². The maximum Gasteiger partial charge on any atom is 0.264 e. The Kier molecular flexibility index (Phi) is 6.50. The Balaban J connectivity index is 1.90. The highest BCUT2D eigenvalue weighted by molar-refractivity contribution is 7.92. The van der Waals surface area contributed by atoms with Gasteiger partial charge in [0.2, 0.25) is 5.91 Å². The zero-order valence-electron chi connectivity index (χ0n) is 18.9. The fraction of sp³-hybridized carbons (Fsp3) is 0.269. The number of carbonyl (C=O) groups is 1. The Morgan fingerprint density at radius 3 is 2.21 bits per heavy atom. The molecule has 0 saturated carbocycles. The van der Waals surface area contributed by atoms with Crippen LogP contribution in [0.25, 0.3) is 0 Å². The lowest BCUT2D eigenvalue weighted by Gasteiger charge is -2.44. The van der Waals surface area contributed by atoms with E-state index >= 15 is 0 Å². The average Bonchev–Trinajstić information content (AvgIpc) is 2.80. The number of hydrogen-bond donors (Lipinski definition) is 0. The van der Waals surface area contributed by atoms with E-state index in [4.69, 9.17) is 11.6 Å². The second-order valence-corrected chi connectivity index (χ2v) is 10.9. The molecule has 0 bridgehead atoms. The number of sulfonamides is 1. The minimum atomic E-state index is -3.92. The normalized spacial score (nSPS) is 18.2. The van der Waals surface area contributed by atoms with Crippen molar-refractivity contribution in [1.82, 2.24) is 0 Å². The number of anilines is 2. The number of hydrogen-bond acceptors (Lipinski definition) is 3. The Labute approximate surface area is 200 Å². The van der Waals surface area contributed by atoms with E-state index < -0.39 is 16.1 Å². The van der Waals surface area contributed by atoms with E-state index in [1.165, 1.54) is 16.4 Å². The molecule has 33 heavy (non-hydrogen) atoms. The van der Waals surface area contributed by atoms with Crippen molar-refractivity contribution in [3.63, 3.8) is 0 Å². The van der Waals surface area contributed by atoms with Crippen molar-refractivity contribution in [1.29, 1.82) is 0 Å². The largest absolute Gasteiger partial charge is 0.309 e. The first-order valence-corrected chi connectivity index (χ1v) is 12.8. The van der Waals surface area contributed by atoms with Gasteiger partial charge in [-0.05, 0) is 61.4 Å². The van der Waals surface area contributed by atoms with Crippen molar-refractivity contribution in [2.45, 2.75) is 44.2 Å². The van der Waals surface area contributed by atoms with Crippen molar-refractivity contribution < 1.29 is 13.2 Å². The van der Waals surface area contributed by atoms with E-state index in [2.05, 4.69) is 0 Å². The van der Waals surface area contributed by atoms with E-state index in [9.17, 15) is 13.2 Å². The lowest BCUT2D eigenvalue weighted by molar-refractivity contribution is -0.122. The van der Waals surface area contributed by atoms with Crippen LogP contribution in [0.15, 0.2) is 83.8 Å². The molecule has 1 heterocycles. The summed E-state index contributed by atoms with van der Waals surface area (Å²) in [6.07, 6.45) is 0.469. The first-order valence-electron chi connectivity index (χ1n) is 11.0. The molecule has 4 rings (SSSR count). The third kappa shape index (κ3) is 4.37. The van der Waals surface area contributed by atoms with Crippen LogP contribution in [-0.4, -0.2) is 20.4 Å². The van der Waals surface area contributed by atoms with E-state index in [1.807, 2.05) is 68.1 Å². The monoisotopic (exact) mass is 482 g/mol. The van der Waals surface area contributed by atoms with E-state index in [0.29, 0.717) is 17.1 Å². The fourth-order valence-corrected chi connectivity index (χ4v) is 6.17. The van der Waals surface area contributed by atoms with Crippen LogP contribution in [-0.2, 0) is 14.8 Å². The minimum Gasteiger partial charge on any atom is -0.309 e. The highest BCUT2D eigenvalue weighted by Crippen LogP contribution is 2.44. The fourth-order valence-electron chi connectivity index (χ4n) is 4.40. The van der Waals surface area contributed by atoms with Gasteiger partial charge >= 0.3 is 0 Å². The predicted octanol–water partition coefficient (Wildman–Crippen LogP) is 6.06. The summed E-state index contributed by atoms with van der Waals surface area (Å²) in [5.41, 5.74) is 2.14. The Hall–Kier alpha value is -2.83. The molecule has 1 amide bonds. The lowest BCUT2D eigenvalue weighted by Crippen LogP contribution is -2.49. The van der Waals surface area contributed by atoms with Crippen molar-refractivity contribution >= 4 is 38.9 Å². The second kappa shape index (κ2) is 9.20. The summed E-state index contributed by atoms with van der Waals surface area (Å²) in [5.74, 6) is -0.139. The zero-order valence-corrected chi connectivity index (χ0v) is 20.4. The lowest BCUT2D eigenvalue weighted by atomic mass is 9.90. The van der Waals surface area contributed by atoms with Crippen LogP contribution in [0.4, 0.5) is 11.4 Å². The maximum absolute atomic E-state index is 14.0. The summed E-state index contributed by atoms with van der Waals surface area (Å²) < 4.78 is 29.5. The summed E-state index contributed by atoms with van der Waals surface area (Å²) >= 11 is 6.02. The quantitative estimate of drug-likeness (QED) is 0.444. The van der Waals surface area contributed by atoms with Gasteiger partial charge in [0.1, 0.15) is 0 Å². The summed E-state index contributed by atoms with van der Waals surface area (Å²) in [4.78, 5) is 15.0. The molecule has 1 aliphatic heterocycles. The van der Waals surface area contributed by atoms with Gasteiger partial charge in [0.05, 0.1) is 16.6 Å². The highest BCUT2D eigenvalue weighted by atomic mass is 35.5. The van der Waals surface area contributed by atoms with Gasteiger partial charge in [-0.2, -0.15) is 0 Å². The second-order valence-electron chi connectivity index (χ2n) is 8.61. The number of carbonyl (C=O) groups excluding carboxylic acids is 1. The number of halogens is 1. The van der Waals surface area contributed by atoms with Gasteiger partial charge in [-0.3, -0.25) is 9.10 Å². The molecule has 5 nitrogen and oxygen atoms in total. The first kappa shape index (κ1) is 23.3. The van der Waals surface area contributed by atoms with Gasteiger partial charge in [-0.15, -0.1) is 0 Å². The third-order valence-electron chi connectivity index (χ3n) is 5.96. The standard InChI is InChI=1S/C26H27ClN2O3S/c1-18(2)26(30)28-19(3)17-25(23-11-7-8-12-24(23)28)29(21-9-5-4-6-10-21)33(31,32)22-15-13-20(27)14-16-22/h4-16,18-19,25H,17H2,1-3H3. The van der Waals surface area contributed by atoms with E-state index in [-0.39, 0.29) is 22.8 Å². The third-order valence-corrected chi connectivity index (χ3v) is 8.06. The molecule has 7 heteroatoms. The summed E-state index contributed by atoms with van der Waals surface area (Å²) in [7, 11) is -3.92. The number of rotatable bonds is 5. The van der Waals surface area contributed by atoms with E-state index in [1.54, 1.807) is 24.3 Å². The molecule has 0 radical (unpaired) electrons. The molecular formula is C26H27ClN2O3S. The Bertz CT molecular complexity index is 1240. The molecule has 0 spiro atoms. The summed E-state index contributed by atoms with van der Waals surface area (Å²) in [6, 6.07) is 22.3. The van der Waals surface area contributed by atoms with Crippen LogP contribution >= 0.6 is 11.6 Å². The van der Waals surface area contributed by atoms with Gasteiger partial charge in [0.25, 0.3) is 10.0 Å². The van der Waals surface area contributed by atoms with Gasteiger partial charge in [-0.25, -0.2) is 8.42 Å². The molecular weight excluding hydrogens is 456 g/mol. The van der Waals surface area contributed by atoms with Crippen molar-refractivity contribution in [2.24, 2.45) is 5.92 Å². The van der Waals surface area contributed by atoms with Crippen molar-refractivity contribution in [2.75, 3.05) is 9.21 Å². The van der Waals surface area contributed by atoms with Gasteiger partial charge < -0.3 is 4.90 Å². The molecule has 2 unspecified atom stereocenters. The van der Waals surface area contributed by atoms with Crippen LogP contribution in [0.1, 0.15) is 38.8 Å². The molecule has 0 saturated heterocycles. The van der Waals surface area contributed by atoms with Crippen LogP contribution in [0.2, 0.25) is 5.02 Å². The molecule has 172 valence electrons. The number of nitrogens with zero attached hydrogens (tertiary/aromatic N) is 2. The Morgan fingerprint density at radius 1 is 0.970 bits per heavy atom. The molecule has 0 fully saturated rings. The topological polar surface area (TPSA) is 57.7 Å². The molecule has 0 aliphatic carbocycles. The summed E-state index contributed by atoms with van der Waals surface area (Å²) in [5, 5.41) is 0.472. The average molecular weight is 483 g/mol. The highest BCUT2D eigenvalue weighted by Gasteiger charge is 2.41. The molecule has 2 atom stereocenters. The number of fused-ring (bicyclic) bond motifs is 1. The molecule has 0 N–H and O–H groups in total. The SMILES string of the molecule is CC(C)C(=O)N1c2ccccc2C(N(c2ccccc2)S(=O)(=O)c2ccc(Cl)cc2)CC1C. The predicted molar refractivity (Wildman–Crippen MR) is 133 cm³/mol. The Morgan fingerprint density at radius 2 is 1.58 bits per heavy atom. The minimum absolute atomic E-state index is 0.0280.